The monoisotopic (exact) mass is 519 g/mol. The van der Waals surface area contributed by atoms with Gasteiger partial charge in [0.25, 0.3) is 0 Å². The zero-order chi connectivity index (χ0) is 20.6. The number of rotatable bonds is 11. The molecule has 6 nitrogen and oxygen atoms in total. The Morgan fingerprint density at radius 3 is 2.38 bits per heavy atom. The maximum absolute atomic E-state index is 5.55. The fourth-order valence-electron chi connectivity index (χ4n) is 3.33. The van der Waals surface area contributed by atoms with Crippen molar-refractivity contribution in [3.8, 4) is 11.5 Å². The number of methoxy groups -OCH3 is 2. The smallest absolute Gasteiger partial charge is 0.193 e. The van der Waals surface area contributed by atoms with Crippen LogP contribution in [0.1, 0.15) is 44.2 Å². The van der Waals surface area contributed by atoms with Crippen LogP contribution in [0, 0.1) is 12.3 Å². The summed E-state index contributed by atoms with van der Waals surface area (Å²) in [6, 6.07) is 4.08. The molecule has 1 fully saturated rings. The van der Waals surface area contributed by atoms with Crippen LogP contribution in [0.25, 0.3) is 0 Å². The number of nitrogens with one attached hydrogen (secondary N) is 1. The predicted octanol–water partition coefficient (Wildman–Crippen LogP) is 4.23. The van der Waals surface area contributed by atoms with Crippen molar-refractivity contribution in [3.63, 3.8) is 0 Å². The minimum absolute atomic E-state index is 0. The average Bonchev–Trinajstić information content (AvgIpc) is 3.46. The topological polar surface area (TPSA) is 55.3 Å². The molecule has 0 aromatic heterocycles. The first-order valence-electron chi connectivity index (χ1n) is 10.3. The number of hydrogen-bond donors (Lipinski definition) is 1. The molecule has 0 heterocycles. The lowest BCUT2D eigenvalue weighted by Crippen LogP contribution is -2.39. The molecule has 0 amide bonds. The van der Waals surface area contributed by atoms with Gasteiger partial charge in [-0.25, -0.2) is 0 Å². The summed E-state index contributed by atoms with van der Waals surface area (Å²) < 4.78 is 16.4. The Balaban J connectivity index is 0.00000420. The van der Waals surface area contributed by atoms with Gasteiger partial charge in [0, 0.05) is 39.9 Å². The summed E-state index contributed by atoms with van der Waals surface area (Å²) in [6.45, 7) is 10.3. The molecule has 0 bridgehead atoms. The van der Waals surface area contributed by atoms with Crippen LogP contribution in [0.5, 0.6) is 11.5 Å². The summed E-state index contributed by atoms with van der Waals surface area (Å²) >= 11 is 0. The number of ether oxygens (including phenoxy) is 3. The van der Waals surface area contributed by atoms with Gasteiger partial charge in [0.1, 0.15) is 0 Å². The van der Waals surface area contributed by atoms with Gasteiger partial charge in [-0.2, -0.15) is 0 Å². The van der Waals surface area contributed by atoms with E-state index in [1.807, 2.05) is 13.0 Å². The molecule has 1 aliphatic carbocycles. The second-order valence-corrected chi connectivity index (χ2v) is 7.61. The molecule has 1 aromatic carbocycles. The Kier molecular flexibility index (Phi) is 11.1. The minimum Gasteiger partial charge on any atom is -0.493 e. The van der Waals surface area contributed by atoms with Crippen molar-refractivity contribution < 1.29 is 14.2 Å². The van der Waals surface area contributed by atoms with Crippen molar-refractivity contribution in [3.05, 3.63) is 23.3 Å². The zero-order valence-corrected chi connectivity index (χ0v) is 21.2. The highest BCUT2D eigenvalue weighted by Crippen LogP contribution is 2.49. The molecular weight excluding hydrogens is 481 g/mol. The molecule has 1 N–H and O–H groups in total. The van der Waals surface area contributed by atoms with Gasteiger partial charge in [0.05, 0.1) is 14.2 Å². The number of aliphatic imine (C=N–C) groups is 1. The van der Waals surface area contributed by atoms with E-state index >= 15 is 0 Å². The standard InChI is InChI=1S/C22H37N3O3.HI/c1-7-23-21(24-16-22(9-10-22)11-12-28-8-2)25(4)15-18-14-20(27-6)19(26-5)13-17(18)3;/h13-14H,7-12,15-16H2,1-6H3,(H,23,24);1H. The van der Waals surface area contributed by atoms with Crippen molar-refractivity contribution in [2.75, 3.05) is 47.6 Å². The lowest BCUT2D eigenvalue weighted by molar-refractivity contribution is 0.129. The van der Waals surface area contributed by atoms with Crippen LogP contribution >= 0.6 is 24.0 Å². The van der Waals surface area contributed by atoms with E-state index in [0.29, 0.717) is 5.41 Å². The zero-order valence-electron chi connectivity index (χ0n) is 18.8. The highest BCUT2D eigenvalue weighted by atomic mass is 127. The van der Waals surface area contributed by atoms with E-state index in [2.05, 4.69) is 37.2 Å². The molecular formula is C22H38IN3O3. The number of guanidine groups is 1. The Bertz CT molecular complexity index is 663. The first-order chi connectivity index (χ1) is 13.5. The normalized spacial score (nSPS) is 14.8. The van der Waals surface area contributed by atoms with Gasteiger partial charge in [0.2, 0.25) is 0 Å². The molecule has 0 aliphatic heterocycles. The van der Waals surface area contributed by atoms with Crippen LogP contribution in [0.4, 0.5) is 0 Å². The van der Waals surface area contributed by atoms with Gasteiger partial charge in [-0.15, -0.1) is 24.0 Å². The lowest BCUT2D eigenvalue weighted by atomic mass is 10.0. The molecule has 1 aliphatic rings. The Morgan fingerprint density at radius 1 is 1.17 bits per heavy atom. The summed E-state index contributed by atoms with van der Waals surface area (Å²) in [6.07, 6.45) is 3.60. The summed E-state index contributed by atoms with van der Waals surface area (Å²) in [5.74, 6) is 2.46. The number of aryl methyl sites for hydroxylation is 1. The molecule has 0 unspecified atom stereocenters. The van der Waals surface area contributed by atoms with Crippen LogP contribution in [0.2, 0.25) is 0 Å². The van der Waals surface area contributed by atoms with Crippen molar-refractivity contribution in [1.82, 2.24) is 10.2 Å². The molecule has 2 rings (SSSR count). The van der Waals surface area contributed by atoms with Crippen molar-refractivity contribution in [2.24, 2.45) is 10.4 Å². The molecule has 29 heavy (non-hydrogen) atoms. The summed E-state index contributed by atoms with van der Waals surface area (Å²) in [7, 11) is 5.42. The van der Waals surface area contributed by atoms with Gasteiger partial charge < -0.3 is 24.4 Å². The van der Waals surface area contributed by atoms with Crippen molar-refractivity contribution in [1.29, 1.82) is 0 Å². The summed E-state index contributed by atoms with van der Waals surface area (Å²) in [5.41, 5.74) is 2.72. The number of benzene rings is 1. The predicted molar refractivity (Wildman–Crippen MR) is 130 cm³/mol. The lowest BCUT2D eigenvalue weighted by Gasteiger charge is -2.24. The first kappa shape index (κ1) is 25.8. The van der Waals surface area contributed by atoms with E-state index in [1.54, 1.807) is 14.2 Å². The van der Waals surface area contributed by atoms with Gasteiger partial charge in [0.15, 0.2) is 17.5 Å². The molecule has 166 valence electrons. The van der Waals surface area contributed by atoms with E-state index in [0.717, 1.165) is 56.7 Å². The maximum Gasteiger partial charge on any atom is 0.193 e. The van der Waals surface area contributed by atoms with Gasteiger partial charge in [-0.3, -0.25) is 4.99 Å². The number of hydrogen-bond acceptors (Lipinski definition) is 4. The Morgan fingerprint density at radius 2 is 1.83 bits per heavy atom. The SMILES string of the molecule is CCNC(=NCC1(CCOCC)CC1)N(C)Cc1cc(OC)c(OC)cc1C.I. The highest BCUT2D eigenvalue weighted by molar-refractivity contribution is 14.0. The molecule has 0 atom stereocenters. The van der Waals surface area contributed by atoms with Crippen LogP contribution in [-0.2, 0) is 11.3 Å². The largest absolute Gasteiger partial charge is 0.493 e. The fourth-order valence-corrected chi connectivity index (χ4v) is 3.33. The average molecular weight is 519 g/mol. The third-order valence-electron chi connectivity index (χ3n) is 5.45. The molecule has 1 aromatic rings. The first-order valence-corrected chi connectivity index (χ1v) is 10.3. The van der Waals surface area contributed by atoms with E-state index in [1.165, 1.54) is 24.0 Å². The van der Waals surface area contributed by atoms with E-state index in [-0.39, 0.29) is 24.0 Å². The fraction of sp³-hybridized carbons (Fsp3) is 0.682. The highest BCUT2D eigenvalue weighted by Gasteiger charge is 2.42. The van der Waals surface area contributed by atoms with Gasteiger partial charge >= 0.3 is 0 Å². The second-order valence-electron chi connectivity index (χ2n) is 7.61. The molecule has 0 radical (unpaired) electrons. The quantitative estimate of drug-likeness (QED) is 0.205. The van der Waals surface area contributed by atoms with E-state index < -0.39 is 0 Å². The van der Waals surface area contributed by atoms with Gasteiger partial charge in [-0.1, -0.05) is 0 Å². The van der Waals surface area contributed by atoms with Crippen LogP contribution in [-0.4, -0.2) is 58.4 Å². The van der Waals surface area contributed by atoms with Crippen molar-refractivity contribution in [2.45, 2.75) is 46.6 Å². The molecule has 0 saturated heterocycles. The maximum atomic E-state index is 5.55. The van der Waals surface area contributed by atoms with Crippen LogP contribution in [0.3, 0.4) is 0 Å². The summed E-state index contributed by atoms with van der Waals surface area (Å²) in [5, 5.41) is 3.43. The number of halogens is 1. The summed E-state index contributed by atoms with van der Waals surface area (Å²) in [4.78, 5) is 7.13. The van der Waals surface area contributed by atoms with Crippen LogP contribution in [0.15, 0.2) is 17.1 Å². The second kappa shape index (κ2) is 12.5. The molecule has 7 heteroatoms. The van der Waals surface area contributed by atoms with E-state index in [4.69, 9.17) is 19.2 Å². The van der Waals surface area contributed by atoms with Crippen LogP contribution < -0.4 is 14.8 Å². The Hall–Kier alpha value is -1.22. The van der Waals surface area contributed by atoms with Crippen molar-refractivity contribution >= 4 is 29.9 Å². The van der Waals surface area contributed by atoms with E-state index in [9.17, 15) is 0 Å². The third-order valence-corrected chi connectivity index (χ3v) is 5.45. The third kappa shape index (κ3) is 7.51. The Labute approximate surface area is 193 Å². The van der Waals surface area contributed by atoms with Gasteiger partial charge in [-0.05, 0) is 68.7 Å². The molecule has 0 spiro atoms. The minimum atomic E-state index is 0. The number of nitrogens with zero attached hydrogens (tertiary/aromatic N) is 2. The molecule has 1 saturated carbocycles.